The predicted molar refractivity (Wildman–Crippen MR) is 98.2 cm³/mol. The maximum absolute atomic E-state index is 12.6. The van der Waals surface area contributed by atoms with E-state index in [0.29, 0.717) is 24.2 Å². The fourth-order valence-electron chi connectivity index (χ4n) is 2.78. The summed E-state index contributed by atoms with van der Waals surface area (Å²) in [5, 5.41) is 7.10. The number of anilines is 1. The van der Waals surface area contributed by atoms with Crippen LogP contribution in [0.2, 0.25) is 0 Å². The highest BCUT2D eigenvalue weighted by Gasteiger charge is 2.16. The van der Waals surface area contributed by atoms with Crippen LogP contribution in [0.3, 0.4) is 0 Å². The third-order valence-corrected chi connectivity index (χ3v) is 4.04. The van der Waals surface area contributed by atoms with Crippen molar-refractivity contribution in [1.29, 1.82) is 0 Å². The van der Waals surface area contributed by atoms with Crippen molar-refractivity contribution in [3.8, 4) is 5.75 Å². The van der Waals surface area contributed by atoms with Crippen LogP contribution in [0.5, 0.6) is 5.75 Å². The first-order chi connectivity index (χ1) is 13.1. The van der Waals surface area contributed by atoms with E-state index in [1.807, 2.05) is 41.9 Å². The standard InChI is InChI=1S/C20H19F2N3O2/c1-2-18-17(12-23-25(18)13-14-6-4-3-5-7-14)19(26)24-15-8-10-16(11-9-15)27-20(21)22/h3-12,20H,2,13H2,1H3,(H,24,26). The van der Waals surface area contributed by atoms with Crippen LogP contribution in [0, 0.1) is 0 Å². The number of carbonyl (C=O) groups is 1. The molecule has 0 aliphatic heterocycles. The Morgan fingerprint density at radius 3 is 2.48 bits per heavy atom. The summed E-state index contributed by atoms with van der Waals surface area (Å²) in [5.41, 5.74) is 2.90. The van der Waals surface area contributed by atoms with Gasteiger partial charge < -0.3 is 10.1 Å². The zero-order valence-corrected chi connectivity index (χ0v) is 14.7. The van der Waals surface area contributed by atoms with Crippen molar-refractivity contribution in [3.05, 3.63) is 77.6 Å². The second-order valence-corrected chi connectivity index (χ2v) is 5.86. The lowest BCUT2D eigenvalue weighted by atomic mass is 10.1. The maximum atomic E-state index is 12.6. The second-order valence-electron chi connectivity index (χ2n) is 5.86. The Morgan fingerprint density at radius 1 is 1.15 bits per heavy atom. The number of rotatable bonds is 7. The van der Waals surface area contributed by atoms with Crippen molar-refractivity contribution in [2.75, 3.05) is 5.32 Å². The molecule has 2 aromatic carbocycles. The van der Waals surface area contributed by atoms with Crippen LogP contribution in [0.4, 0.5) is 14.5 Å². The maximum Gasteiger partial charge on any atom is 0.387 e. The van der Waals surface area contributed by atoms with Crippen LogP contribution < -0.4 is 10.1 Å². The monoisotopic (exact) mass is 371 g/mol. The number of alkyl halides is 2. The van der Waals surface area contributed by atoms with Gasteiger partial charge in [0, 0.05) is 5.69 Å². The second kappa shape index (κ2) is 8.44. The van der Waals surface area contributed by atoms with Crippen LogP contribution in [0.25, 0.3) is 0 Å². The Morgan fingerprint density at radius 2 is 1.85 bits per heavy atom. The van der Waals surface area contributed by atoms with Gasteiger partial charge in [-0.1, -0.05) is 37.3 Å². The van der Waals surface area contributed by atoms with Crippen molar-refractivity contribution < 1.29 is 18.3 Å². The van der Waals surface area contributed by atoms with Crippen LogP contribution in [-0.4, -0.2) is 22.3 Å². The van der Waals surface area contributed by atoms with E-state index in [0.717, 1.165) is 11.3 Å². The number of hydrogen-bond acceptors (Lipinski definition) is 3. The summed E-state index contributed by atoms with van der Waals surface area (Å²) in [4.78, 5) is 12.6. The molecule has 7 heteroatoms. The van der Waals surface area contributed by atoms with Gasteiger partial charge in [-0.2, -0.15) is 13.9 Å². The molecule has 5 nitrogen and oxygen atoms in total. The minimum absolute atomic E-state index is 0.0351. The molecule has 1 N–H and O–H groups in total. The largest absolute Gasteiger partial charge is 0.435 e. The number of carbonyl (C=O) groups excluding carboxylic acids is 1. The molecule has 3 rings (SSSR count). The molecule has 0 fully saturated rings. The van der Waals surface area contributed by atoms with Crippen LogP contribution in [0.1, 0.15) is 28.5 Å². The van der Waals surface area contributed by atoms with Gasteiger partial charge in [-0.05, 0) is 36.2 Å². The molecule has 0 aliphatic carbocycles. The minimum Gasteiger partial charge on any atom is -0.435 e. The van der Waals surface area contributed by atoms with Crippen molar-refractivity contribution >= 4 is 11.6 Å². The zero-order valence-electron chi connectivity index (χ0n) is 14.7. The van der Waals surface area contributed by atoms with Gasteiger partial charge in [0.25, 0.3) is 5.91 Å². The van der Waals surface area contributed by atoms with Gasteiger partial charge in [-0.15, -0.1) is 0 Å². The lowest BCUT2D eigenvalue weighted by molar-refractivity contribution is -0.0498. The van der Waals surface area contributed by atoms with E-state index >= 15 is 0 Å². The summed E-state index contributed by atoms with van der Waals surface area (Å²) in [6.07, 6.45) is 2.20. The number of nitrogens with zero attached hydrogens (tertiary/aromatic N) is 2. The molecule has 3 aromatic rings. The molecule has 140 valence electrons. The first-order valence-electron chi connectivity index (χ1n) is 8.51. The fourth-order valence-corrected chi connectivity index (χ4v) is 2.78. The summed E-state index contributed by atoms with van der Waals surface area (Å²) >= 11 is 0. The van der Waals surface area contributed by atoms with Gasteiger partial charge in [0.15, 0.2) is 0 Å². The summed E-state index contributed by atoms with van der Waals surface area (Å²) in [6.45, 7) is -0.337. The molecule has 0 saturated carbocycles. The smallest absolute Gasteiger partial charge is 0.387 e. The number of benzene rings is 2. The Bertz CT molecular complexity index is 893. The first-order valence-corrected chi connectivity index (χ1v) is 8.51. The highest BCUT2D eigenvalue weighted by Crippen LogP contribution is 2.19. The zero-order chi connectivity index (χ0) is 19.2. The number of aromatic nitrogens is 2. The topological polar surface area (TPSA) is 56.1 Å². The molecule has 0 bridgehead atoms. The van der Waals surface area contributed by atoms with E-state index in [1.54, 1.807) is 6.20 Å². The third kappa shape index (κ3) is 4.69. The summed E-state index contributed by atoms with van der Waals surface area (Å²) < 4.78 is 30.5. The Labute approximate surface area is 155 Å². The van der Waals surface area contributed by atoms with Crippen molar-refractivity contribution in [1.82, 2.24) is 9.78 Å². The normalized spacial score (nSPS) is 10.8. The van der Waals surface area contributed by atoms with E-state index in [4.69, 9.17) is 0 Å². The lowest BCUT2D eigenvalue weighted by Crippen LogP contribution is -2.15. The van der Waals surface area contributed by atoms with Crippen molar-refractivity contribution in [2.45, 2.75) is 26.5 Å². The van der Waals surface area contributed by atoms with E-state index in [9.17, 15) is 13.6 Å². The van der Waals surface area contributed by atoms with E-state index in [-0.39, 0.29) is 11.7 Å². The van der Waals surface area contributed by atoms with Gasteiger partial charge in [0.1, 0.15) is 5.75 Å². The molecular formula is C20H19F2N3O2. The quantitative estimate of drug-likeness (QED) is 0.672. The molecule has 0 saturated heterocycles. The summed E-state index contributed by atoms with van der Waals surface area (Å²) in [7, 11) is 0. The Kier molecular flexibility index (Phi) is 5.80. The van der Waals surface area contributed by atoms with Gasteiger partial charge >= 0.3 is 6.61 Å². The predicted octanol–water partition coefficient (Wildman–Crippen LogP) is 4.35. The Balaban J connectivity index is 1.73. The highest BCUT2D eigenvalue weighted by molar-refractivity contribution is 6.05. The van der Waals surface area contributed by atoms with E-state index in [1.165, 1.54) is 24.3 Å². The summed E-state index contributed by atoms with van der Waals surface area (Å²) in [6, 6.07) is 15.6. The average molecular weight is 371 g/mol. The number of halogens is 2. The van der Waals surface area contributed by atoms with Crippen molar-refractivity contribution in [3.63, 3.8) is 0 Å². The van der Waals surface area contributed by atoms with E-state index in [2.05, 4.69) is 15.2 Å². The number of nitrogens with one attached hydrogen (secondary N) is 1. The van der Waals surface area contributed by atoms with Gasteiger partial charge in [-0.3, -0.25) is 9.48 Å². The molecule has 0 atom stereocenters. The number of hydrogen-bond donors (Lipinski definition) is 1. The van der Waals surface area contributed by atoms with Crippen LogP contribution >= 0.6 is 0 Å². The number of ether oxygens (including phenoxy) is 1. The highest BCUT2D eigenvalue weighted by atomic mass is 19.3. The van der Waals surface area contributed by atoms with Crippen molar-refractivity contribution in [2.24, 2.45) is 0 Å². The fraction of sp³-hybridized carbons (Fsp3) is 0.200. The molecule has 0 unspecified atom stereocenters. The molecule has 0 radical (unpaired) electrons. The molecule has 27 heavy (non-hydrogen) atoms. The molecule has 0 aliphatic rings. The van der Waals surface area contributed by atoms with Crippen LogP contribution in [0.15, 0.2) is 60.8 Å². The lowest BCUT2D eigenvalue weighted by Gasteiger charge is -2.09. The Hall–Kier alpha value is -3.22. The molecule has 1 amide bonds. The molecule has 0 spiro atoms. The van der Waals surface area contributed by atoms with Gasteiger partial charge in [0.05, 0.1) is 24.0 Å². The third-order valence-electron chi connectivity index (χ3n) is 4.04. The first kappa shape index (κ1) is 18.6. The molecule has 1 aromatic heterocycles. The van der Waals surface area contributed by atoms with Crippen LogP contribution in [-0.2, 0) is 13.0 Å². The van der Waals surface area contributed by atoms with E-state index < -0.39 is 6.61 Å². The average Bonchev–Trinajstić information content (AvgIpc) is 3.06. The summed E-state index contributed by atoms with van der Waals surface area (Å²) in [5.74, 6) is -0.262. The molecule has 1 heterocycles. The number of amides is 1. The SMILES string of the molecule is CCc1c(C(=O)Nc2ccc(OC(F)F)cc2)cnn1Cc1ccccc1. The minimum atomic E-state index is -2.88. The van der Waals surface area contributed by atoms with Gasteiger partial charge in [0.2, 0.25) is 0 Å². The molecular weight excluding hydrogens is 352 g/mol. The van der Waals surface area contributed by atoms with Gasteiger partial charge in [-0.25, -0.2) is 0 Å².